The SMILES string of the molecule is Cc1cnc(-c2ccc(CC#N)cc2)nc1Nc1cc(C2CC2)[nH]n1.[HH].[HH].[HH]. The van der Waals surface area contributed by atoms with Crippen LogP contribution in [0.4, 0.5) is 11.6 Å². The Morgan fingerprint density at radius 2 is 2.12 bits per heavy atom. The van der Waals surface area contributed by atoms with Gasteiger partial charge in [0.25, 0.3) is 0 Å². The number of rotatable bonds is 5. The molecule has 0 aliphatic heterocycles. The van der Waals surface area contributed by atoms with E-state index in [0.717, 1.165) is 28.3 Å². The maximum absolute atomic E-state index is 8.76. The zero-order valence-corrected chi connectivity index (χ0v) is 14.0. The van der Waals surface area contributed by atoms with Crippen molar-refractivity contribution in [3.05, 3.63) is 53.3 Å². The van der Waals surface area contributed by atoms with Gasteiger partial charge in [-0.15, -0.1) is 0 Å². The van der Waals surface area contributed by atoms with Crippen molar-refractivity contribution in [1.29, 1.82) is 5.26 Å². The molecule has 1 fully saturated rings. The van der Waals surface area contributed by atoms with E-state index in [4.69, 9.17) is 5.26 Å². The summed E-state index contributed by atoms with van der Waals surface area (Å²) >= 11 is 0. The third-order valence-electron chi connectivity index (χ3n) is 4.33. The molecule has 0 bridgehead atoms. The summed E-state index contributed by atoms with van der Waals surface area (Å²) in [5.74, 6) is 2.81. The third-order valence-corrected chi connectivity index (χ3v) is 4.33. The highest BCUT2D eigenvalue weighted by molar-refractivity contribution is 5.62. The standard InChI is InChI=1S/C19H18N6.3H2/c1-12-11-21-19(15-4-2-13(3-5-15)8-9-20)23-18(12)22-17-10-16(24-25-17)14-6-7-14;;;/h2-5,10-11,14H,6-8H2,1H3,(H2,21,22,23,24,25);3*1H. The fraction of sp³-hybridized carbons (Fsp3) is 0.263. The average Bonchev–Trinajstić information content (AvgIpc) is 3.37. The topological polar surface area (TPSA) is 90.3 Å². The predicted octanol–water partition coefficient (Wildman–Crippen LogP) is 4.60. The molecule has 1 aromatic carbocycles. The molecule has 2 aromatic heterocycles. The lowest BCUT2D eigenvalue weighted by Gasteiger charge is -2.08. The normalized spacial score (nSPS) is 13.4. The highest BCUT2D eigenvalue weighted by atomic mass is 15.2. The van der Waals surface area contributed by atoms with Crippen LogP contribution < -0.4 is 5.32 Å². The Balaban J connectivity index is 0.00000131. The summed E-state index contributed by atoms with van der Waals surface area (Å²) in [7, 11) is 0. The number of nitrogens with one attached hydrogen (secondary N) is 2. The highest BCUT2D eigenvalue weighted by Crippen LogP contribution is 2.39. The Labute approximate surface area is 150 Å². The van der Waals surface area contributed by atoms with Gasteiger partial charge in [-0.1, -0.05) is 24.3 Å². The minimum Gasteiger partial charge on any atom is -0.323 e. The first kappa shape index (κ1) is 15.3. The fourth-order valence-electron chi connectivity index (χ4n) is 2.70. The largest absolute Gasteiger partial charge is 0.323 e. The second-order valence-electron chi connectivity index (χ2n) is 6.36. The van der Waals surface area contributed by atoms with Crippen LogP contribution in [0.25, 0.3) is 11.4 Å². The quantitative estimate of drug-likeness (QED) is 0.710. The molecule has 4 rings (SSSR count). The summed E-state index contributed by atoms with van der Waals surface area (Å²) < 4.78 is 0. The van der Waals surface area contributed by atoms with E-state index >= 15 is 0 Å². The molecule has 1 aliphatic carbocycles. The van der Waals surface area contributed by atoms with Gasteiger partial charge in [0, 0.05) is 39.3 Å². The Kier molecular flexibility index (Phi) is 3.90. The van der Waals surface area contributed by atoms with Gasteiger partial charge in [-0.25, -0.2) is 9.97 Å². The molecule has 1 aliphatic rings. The molecule has 0 atom stereocenters. The Morgan fingerprint density at radius 1 is 1.32 bits per heavy atom. The van der Waals surface area contributed by atoms with Gasteiger partial charge < -0.3 is 5.32 Å². The zero-order valence-electron chi connectivity index (χ0n) is 14.0. The highest BCUT2D eigenvalue weighted by Gasteiger charge is 2.25. The van der Waals surface area contributed by atoms with Crippen LogP contribution in [0.3, 0.4) is 0 Å². The molecular weight excluding hydrogens is 312 g/mol. The monoisotopic (exact) mass is 336 g/mol. The van der Waals surface area contributed by atoms with Gasteiger partial charge in [0.15, 0.2) is 11.6 Å². The second kappa shape index (κ2) is 6.36. The number of hydrogen-bond donors (Lipinski definition) is 2. The summed E-state index contributed by atoms with van der Waals surface area (Å²) in [6.07, 6.45) is 4.69. The molecule has 130 valence electrons. The number of aromatic amines is 1. The molecule has 2 heterocycles. The average molecular weight is 336 g/mol. The number of nitriles is 1. The van der Waals surface area contributed by atoms with Crippen LogP contribution in [-0.2, 0) is 6.42 Å². The Hall–Kier alpha value is -3.20. The predicted molar refractivity (Wildman–Crippen MR) is 102 cm³/mol. The summed E-state index contributed by atoms with van der Waals surface area (Å²) in [5, 5.41) is 19.5. The molecule has 3 aromatic rings. The van der Waals surface area contributed by atoms with E-state index in [2.05, 4.69) is 37.6 Å². The van der Waals surface area contributed by atoms with Crippen LogP contribution in [0, 0.1) is 18.3 Å². The summed E-state index contributed by atoms with van der Waals surface area (Å²) in [4.78, 5) is 9.07. The van der Waals surface area contributed by atoms with Crippen molar-refractivity contribution in [2.75, 3.05) is 5.32 Å². The molecule has 6 heteroatoms. The molecule has 1 saturated carbocycles. The summed E-state index contributed by atoms with van der Waals surface area (Å²) in [5.41, 5.74) is 4.05. The van der Waals surface area contributed by atoms with Crippen LogP contribution in [0.5, 0.6) is 0 Å². The number of anilines is 2. The smallest absolute Gasteiger partial charge is 0.161 e. The molecule has 6 nitrogen and oxygen atoms in total. The molecule has 0 spiro atoms. The van der Waals surface area contributed by atoms with Crippen molar-refractivity contribution in [1.82, 2.24) is 20.2 Å². The van der Waals surface area contributed by atoms with E-state index in [1.54, 1.807) is 0 Å². The van der Waals surface area contributed by atoms with Crippen molar-refractivity contribution in [3.63, 3.8) is 0 Å². The van der Waals surface area contributed by atoms with Gasteiger partial charge in [0.2, 0.25) is 0 Å². The summed E-state index contributed by atoms with van der Waals surface area (Å²) in [6.45, 7) is 1.97. The second-order valence-corrected chi connectivity index (χ2v) is 6.36. The van der Waals surface area contributed by atoms with Crippen molar-refractivity contribution >= 4 is 11.6 Å². The lowest BCUT2D eigenvalue weighted by atomic mass is 10.1. The van der Waals surface area contributed by atoms with Gasteiger partial charge in [-0.05, 0) is 25.3 Å². The van der Waals surface area contributed by atoms with E-state index < -0.39 is 0 Å². The van der Waals surface area contributed by atoms with Gasteiger partial charge in [0.1, 0.15) is 5.82 Å². The van der Waals surface area contributed by atoms with E-state index in [-0.39, 0.29) is 4.28 Å². The van der Waals surface area contributed by atoms with Crippen molar-refractivity contribution in [3.8, 4) is 17.5 Å². The molecule has 0 radical (unpaired) electrons. The maximum atomic E-state index is 8.76. The van der Waals surface area contributed by atoms with Crippen LogP contribution in [0.15, 0.2) is 36.5 Å². The van der Waals surface area contributed by atoms with Crippen molar-refractivity contribution in [2.24, 2.45) is 0 Å². The van der Waals surface area contributed by atoms with Crippen LogP contribution >= 0.6 is 0 Å². The van der Waals surface area contributed by atoms with E-state index in [1.165, 1.54) is 18.5 Å². The Bertz CT molecular complexity index is 945. The van der Waals surface area contributed by atoms with Crippen LogP contribution in [0.1, 0.15) is 39.9 Å². The maximum Gasteiger partial charge on any atom is 0.161 e. The number of hydrogen-bond acceptors (Lipinski definition) is 5. The molecular formula is C19H24N6. The van der Waals surface area contributed by atoms with Crippen LogP contribution in [-0.4, -0.2) is 20.2 Å². The molecule has 0 unspecified atom stereocenters. The van der Waals surface area contributed by atoms with E-state index in [1.807, 2.05) is 37.4 Å². The van der Waals surface area contributed by atoms with Gasteiger partial charge in [-0.3, -0.25) is 5.10 Å². The third kappa shape index (κ3) is 3.36. The van der Waals surface area contributed by atoms with Crippen LogP contribution in [0.2, 0.25) is 0 Å². The lowest BCUT2D eigenvalue weighted by Crippen LogP contribution is -2.00. The fourth-order valence-corrected chi connectivity index (χ4v) is 2.70. The zero-order chi connectivity index (χ0) is 17.2. The number of benzene rings is 1. The summed E-state index contributed by atoms with van der Waals surface area (Å²) in [6, 6.07) is 12.0. The minimum absolute atomic E-state index is 0. The number of aryl methyl sites for hydroxylation is 1. The number of aromatic nitrogens is 4. The van der Waals surface area contributed by atoms with Crippen molar-refractivity contribution < 1.29 is 4.28 Å². The first-order valence-corrected chi connectivity index (χ1v) is 8.35. The first-order chi connectivity index (χ1) is 12.2. The number of H-pyrrole nitrogens is 1. The molecule has 25 heavy (non-hydrogen) atoms. The Morgan fingerprint density at radius 3 is 2.84 bits per heavy atom. The van der Waals surface area contributed by atoms with Gasteiger partial charge >= 0.3 is 0 Å². The van der Waals surface area contributed by atoms with E-state index in [9.17, 15) is 0 Å². The van der Waals surface area contributed by atoms with Gasteiger partial charge in [0.05, 0.1) is 12.5 Å². The first-order valence-electron chi connectivity index (χ1n) is 8.35. The van der Waals surface area contributed by atoms with E-state index in [0.29, 0.717) is 18.2 Å². The van der Waals surface area contributed by atoms with Gasteiger partial charge in [-0.2, -0.15) is 10.4 Å². The molecule has 2 N–H and O–H groups in total. The minimum atomic E-state index is 0. The lowest BCUT2D eigenvalue weighted by molar-refractivity contribution is 0.966. The molecule has 0 saturated heterocycles. The van der Waals surface area contributed by atoms with Crippen molar-refractivity contribution in [2.45, 2.75) is 32.1 Å². The number of nitrogens with zero attached hydrogens (tertiary/aromatic N) is 4. The molecule has 0 amide bonds.